The quantitative estimate of drug-likeness (QED) is 0.424. The minimum atomic E-state index is -4.16. The van der Waals surface area contributed by atoms with Crippen molar-refractivity contribution < 1.29 is 17.6 Å². The lowest BCUT2D eigenvalue weighted by Crippen LogP contribution is -2.38. The van der Waals surface area contributed by atoms with Crippen LogP contribution in [0.5, 0.6) is 0 Å². The maximum atomic E-state index is 14.4. The fourth-order valence-corrected chi connectivity index (χ4v) is 4.93. The van der Waals surface area contributed by atoms with Gasteiger partial charge in [0.15, 0.2) is 0 Å². The zero-order valence-electron chi connectivity index (χ0n) is 16.8. The number of nitrogens with one attached hydrogen (secondary N) is 1. The van der Waals surface area contributed by atoms with Crippen molar-refractivity contribution in [3.8, 4) is 0 Å². The van der Waals surface area contributed by atoms with Gasteiger partial charge in [-0.2, -0.15) is 4.31 Å². The van der Waals surface area contributed by atoms with Crippen LogP contribution in [-0.4, -0.2) is 25.2 Å². The largest absolute Gasteiger partial charge is 0.324 e. The van der Waals surface area contributed by atoms with Crippen LogP contribution in [0.2, 0.25) is 15.1 Å². The highest BCUT2D eigenvalue weighted by atomic mass is 35.5. The van der Waals surface area contributed by atoms with Crippen LogP contribution in [-0.2, 0) is 21.4 Å². The molecule has 0 atom stereocenters. The van der Waals surface area contributed by atoms with Crippen LogP contribution in [0.4, 0.5) is 10.1 Å². The zero-order chi connectivity index (χ0) is 23.5. The summed E-state index contributed by atoms with van der Waals surface area (Å²) in [6.07, 6.45) is 0. The second-order valence-corrected chi connectivity index (χ2v) is 10.1. The highest BCUT2D eigenvalue weighted by Crippen LogP contribution is 2.27. The Labute approximate surface area is 200 Å². The van der Waals surface area contributed by atoms with Crippen LogP contribution >= 0.6 is 34.8 Å². The predicted molar refractivity (Wildman–Crippen MR) is 125 cm³/mol. The van der Waals surface area contributed by atoms with E-state index in [1.807, 2.05) is 6.92 Å². The van der Waals surface area contributed by atoms with Crippen molar-refractivity contribution in [1.82, 2.24) is 4.31 Å². The average Bonchev–Trinajstić information content (AvgIpc) is 2.72. The normalized spacial score (nSPS) is 11.6. The number of nitrogens with zero attached hydrogens (tertiary/aromatic N) is 1. The van der Waals surface area contributed by atoms with Gasteiger partial charge in [0.05, 0.1) is 22.2 Å². The lowest BCUT2D eigenvalue weighted by Gasteiger charge is -2.23. The Morgan fingerprint density at radius 3 is 2.31 bits per heavy atom. The Morgan fingerprint density at radius 1 is 1.00 bits per heavy atom. The Balaban J connectivity index is 1.94. The monoisotopic (exact) mass is 514 g/mol. The van der Waals surface area contributed by atoms with Gasteiger partial charge in [-0.05, 0) is 49.4 Å². The molecule has 0 spiro atoms. The molecule has 0 saturated heterocycles. The van der Waals surface area contributed by atoms with Crippen LogP contribution in [0.15, 0.2) is 65.6 Å². The third-order valence-electron chi connectivity index (χ3n) is 4.58. The van der Waals surface area contributed by atoms with Gasteiger partial charge in [-0.1, -0.05) is 58.6 Å². The van der Waals surface area contributed by atoms with Gasteiger partial charge < -0.3 is 5.32 Å². The molecule has 1 amide bonds. The molecule has 3 aromatic carbocycles. The second kappa shape index (κ2) is 10.2. The maximum absolute atomic E-state index is 14.4. The van der Waals surface area contributed by atoms with Crippen molar-refractivity contribution in [3.05, 3.63) is 92.7 Å². The molecule has 0 bridgehead atoms. The van der Waals surface area contributed by atoms with Gasteiger partial charge in [0.1, 0.15) is 5.82 Å². The fraction of sp³-hybridized carbons (Fsp3) is 0.136. The number of sulfonamides is 1. The third kappa shape index (κ3) is 5.79. The fourth-order valence-electron chi connectivity index (χ4n) is 2.89. The number of rotatable bonds is 7. The Bertz CT molecular complexity index is 1230. The molecule has 3 aromatic rings. The van der Waals surface area contributed by atoms with E-state index in [4.69, 9.17) is 34.8 Å². The molecule has 1 N–H and O–H groups in total. The molecule has 0 heterocycles. The number of carbonyl (C=O) groups is 1. The van der Waals surface area contributed by atoms with Gasteiger partial charge in [-0.25, -0.2) is 12.8 Å². The number of halogens is 4. The van der Waals surface area contributed by atoms with Crippen molar-refractivity contribution in [2.45, 2.75) is 18.4 Å². The van der Waals surface area contributed by atoms with E-state index in [1.165, 1.54) is 48.5 Å². The van der Waals surface area contributed by atoms with Crippen LogP contribution in [0.1, 0.15) is 11.1 Å². The molecule has 0 aromatic heterocycles. The maximum Gasteiger partial charge on any atom is 0.243 e. The van der Waals surface area contributed by atoms with Crippen molar-refractivity contribution in [2.75, 3.05) is 11.9 Å². The standard InChI is InChI=1S/C22H18Cl3FN2O3S/c1-14-5-8-16(9-6-14)32(30,31)28(12-17-18(24)3-2-4-20(17)26)13-22(29)27-21-10-7-15(23)11-19(21)25/h2-11H,12-13H2,1H3,(H,27,29). The van der Waals surface area contributed by atoms with E-state index in [0.717, 1.165) is 9.87 Å². The Hall–Kier alpha value is -2.16. The number of benzene rings is 3. The summed E-state index contributed by atoms with van der Waals surface area (Å²) in [5.74, 6) is -1.35. The van der Waals surface area contributed by atoms with Crippen molar-refractivity contribution in [1.29, 1.82) is 0 Å². The van der Waals surface area contributed by atoms with E-state index in [1.54, 1.807) is 12.1 Å². The molecule has 0 aliphatic rings. The molecule has 0 aliphatic carbocycles. The summed E-state index contributed by atoms with van der Waals surface area (Å²) in [5.41, 5.74) is 1.09. The Morgan fingerprint density at radius 2 is 1.69 bits per heavy atom. The van der Waals surface area contributed by atoms with Crippen LogP contribution in [0, 0.1) is 12.7 Å². The summed E-state index contributed by atoms with van der Waals surface area (Å²) in [4.78, 5) is 12.7. The third-order valence-corrected chi connectivity index (χ3v) is 7.29. The summed E-state index contributed by atoms with van der Waals surface area (Å²) in [6.45, 7) is 0.778. The number of aryl methyl sites for hydroxylation is 1. The molecule has 3 rings (SSSR count). The number of hydrogen-bond donors (Lipinski definition) is 1. The van der Waals surface area contributed by atoms with E-state index in [9.17, 15) is 17.6 Å². The predicted octanol–water partition coefficient (Wildman–Crippen LogP) is 5.92. The lowest BCUT2D eigenvalue weighted by atomic mass is 10.2. The van der Waals surface area contributed by atoms with Crippen molar-refractivity contribution in [2.24, 2.45) is 0 Å². The van der Waals surface area contributed by atoms with Crippen LogP contribution < -0.4 is 5.32 Å². The average molecular weight is 516 g/mol. The lowest BCUT2D eigenvalue weighted by molar-refractivity contribution is -0.116. The first-order chi connectivity index (χ1) is 15.1. The number of carbonyl (C=O) groups excluding carboxylic acids is 1. The number of anilines is 1. The molecular weight excluding hydrogens is 498 g/mol. The SMILES string of the molecule is Cc1ccc(S(=O)(=O)N(CC(=O)Nc2ccc(Cl)cc2Cl)Cc2c(F)cccc2Cl)cc1. The van der Waals surface area contributed by atoms with Crippen molar-refractivity contribution in [3.63, 3.8) is 0 Å². The summed E-state index contributed by atoms with van der Waals surface area (Å²) in [6, 6.07) is 14.6. The van der Waals surface area contributed by atoms with E-state index in [0.29, 0.717) is 5.02 Å². The summed E-state index contributed by atoms with van der Waals surface area (Å²) in [5, 5.41) is 3.18. The molecule has 0 aliphatic heterocycles. The molecule has 0 unspecified atom stereocenters. The molecular formula is C22H18Cl3FN2O3S. The van der Waals surface area contributed by atoms with E-state index < -0.39 is 34.8 Å². The second-order valence-electron chi connectivity index (χ2n) is 6.96. The molecule has 0 radical (unpaired) electrons. The van der Waals surface area contributed by atoms with Gasteiger partial charge in [-0.15, -0.1) is 0 Å². The molecule has 0 saturated carbocycles. The number of amides is 1. The highest BCUT2D eigenvalue weighted by molar-refractivity contribution is 7.89. The van der Waals surface area contributed by atoms with Gasteiger partial charge in [-0.3, -0.25) is 4.79 Å². The molecule has 10 heteroatoms. The first-order valence-electron chi connectivity index (χ1n) is 9.32. The minimum Gasteiger partial charge on any atom is -0.324 e. The topological polar surface area (TPSA) is 66.5 Å². The van der Waals surface area contributed by atoms with Crippen molar-refractivity contribution >= 4 is 56.4 Å². The smallest absolute Gasteiger partial charge is 0.243 e. The molecule has 168 valence electrons. The van der Waals surface area contributed by atoms with Gasteiger partial charge >= 0.3 is 0 Å². The van der Waals surface area contributed by atoms with Crippen LogP contribution in [0.3, 0.4) is 0 Å². The highest BCUT2D eigenvalue weighted by Gasteiger charge is 2.28. The van der Waals surface area contributed by atoms with E-state index >= 15 is 0 Å². The molecule has 5 nitrogen and oxygen atoms in total. The molecule has 0 fully saturated rings. The first-order valence-corrected chi connectivity index (χ1v) is 11.9. The van der Waals surface area contributed by atoms with E-state index in [2.05, 4.69) is 5.32 Å². The zero-order valence-corrected chi connectivity index (χ0v) is 19.9. The molecule has 32 heavy (non-hydrogen) atoms. The summed E-state index contributed by atoms with van der Waals surface area (Å²) < 4.78 is 41.9. The first kappa shape index (κ1) is 24.5. The minimum absolute atomic E-state index is 0.0344. The van der Waals surface area contributed by atoms with E-state index in [-0.39, 0.29) is 26.2 Å². The summed E-state index contributed by atoms with van der Waals surface area (Å²) in [7, 11) is -4.16. The van der Waals surface area contributed by atoms with Gasteiger partial charge in [0.2, 0.25) is 15.9 Å². The summed E-state index contributed by atoms with van der Waals surface area (Å²) >= 11 is 18.0. The van der Waals surface area contributed by atoms with Gasteiger partial charge in [0, 0.05) is 22.2 Å². The van der Waals surface area contributed by atoms with Crippen LogP contribution in [0.25, 0.3) is 0 Å². The number of hydrogen-bond acceptors (Lipinski definition) is 3. The Kier molecular flexibility index (Phi) is 7.79. The van der Waals surface area contributed by atoms with Gasteiger partial charge in [0.25, 0.3) is 0 Å².